The molecule has 0 aliphatic heterocycles. The first-order valence-electron chi connectivity index (χ1n) is 4.28. The highest BCUT2D eigenvalue weighted by Gasteiger charge is 2.13. The Bertz CT molecular complexity index is 512. The summed E-state index contributed by atoms with van der Waals surface area (Å²) in [7, 11) is -4.21. The summed E-state index contributed by atoms with van der Waals surface area (Å²) in [6, 6.07) is 4.13. The number of nitrogens with one attached hydrogen (secondary N) is 1. The van der Waals surface area contributed by atoms with Crippen LogP contribution in [0.2, 0.25) is 0 Å². The van der Waals surface area contributed by atoms with Crippen LogP contribution in [0.5, 0.6) is 0 Å². The number of anilines is 1. The molecule has 0 unspecified atom stereocenters. The minimum atomic E-state index is -4.21. The Labute approximate surface area is 102 Å². The molecule has 0 bridgehead atoms. The third-order valence-corrected chi connectivity index (χ3v) is 3.38. The molecule has 0 aliphatic rings. The molecule has 0 atom stereocenters. The molecule has 0 heterocycles. The van der Waals surface area contributed by atoms with Gasteiger partial charge in [-0.05, 0) is 30.7 Å². The van der Waals surface area contributed by atoms with Gasteiger partial charge in [0.2, 0.25) is 5.91 Å². The molecule has 1 aromatic rings. The Balaban J connectivity index is 3.05. The lowest BCUT2D eigenvalue weighted by Crippen LogP contribution is -2.12. The number of alkyl halides is 1. The number of carbonyl (C=O) groups is 1. The van der Waals surface area contributed by atoms with Crippen LogP contribution in [0, 0.1) is 6.92 Å². The first-order chi connectivity index (χ1) is 7.34. The van der Waals surface area contributed by atoms with Crippen molar-refractivity contribution in [2.45, 2.75) is 11.8 Å². The van der Waals surface area contributed by atoms with Crippen molar-refractivity contribution in [1.29, 1.82) is 0 Å². The molecular formula is C9H10BrNO4S. The zero-order chi connectivity index (χ0) is 12.3. The summed E-state index contributed by atoms with van der Waals surface area (Å²) in [6.45, 7) is 1.53. The van der Waals surface area contributed by atoms with Crippen molar-refractivity contribution in [1.82, 2.24) is 0 Å². The highest BCUT2D eigenvalue weighted by molar-refractivity contribution is 9.09. The first kappa shape index (κ1) is 13.1. The van der Waals surface area contributed by atoms with Crippen LogP contribution in [0.4, 0.5) is 5.69 Å². The van der Waals surface area contributed by atoms with E-state index in [4.69, 9.17) is 4.55 Å². The Morgan fingerprint density at radius 2 is 2.12 bits per heavy atom. The lowest BCUT2D eigenvalue weighted by Gasteiger charge is -2.06. The molecule has 1 rings (SSSR count). The fourth-order valence-corrected chi connectivity index (χ4v) is 2.06. The molecular weight excluding hydrogens is 298 g/mol. The second-order valence-corrected chi connectivity index (χ2v) is 5.09. The van der Waals surface area contributed by atoms with Crippen LogP contribution >= 0.6 is 15.9 Å². The van der Waals surface area contributed by atoms with Gasteiger partial charge in [0.15, 0.2) is 0 Å². The van der Waals surface area contributed by atoms with Crippen molar-refractivity contribution in [2.24, 2.45) is 0 Å². The van der Waals surface area contributed by atoms with Gasteiger partial charge >= 0.3 is 0 Å². The smallest absolute Gasteiger partial charge is 0.294 e. The summed E-state index contributed by atoms with van der Waals surface area (Å²) in [5.41, 5.74) is 0.851. The summed E-state index contributed by atoms with van der Waals surface area (Å²) in [5, 5.41) is 2.71. The van der Waals surface area contributed by atoms with Gasteiger partial charge in [-0.1, -0.05) is 15.9 Å². The quantitative estimate of drug-likeness (QED) is 0.656. The lowest BCUT2D eigenvalue weighted by atomic mass is 10.2. The van der Waals surface area contributed by atoms with E-state index in [1.807, 2.05) is 0 Å². The average molecular weight is 308 g/mol. The maximum Gasteiger partial charge on any atom is 0.294 e. The van der Waals surface area contributed by atoms with Gasteiger partial charge in [0.05, 0.1) is 10.2 Å². The lowest BCUT2D eigenvalue weighted by molar-refractivity contribution is -0.113. The zero-order valence-electron chi connectivity index (χ0n) is 8.40. The third kappa shape index (κ3) is 3.29. The van der Waals surface area contributed by atoms with Gasteiger partial charge in [0.1, 0.15) is 0 Å². The number of carbonyl (C=O) groups excluding carboxylic acids is 1. The summed E-state index contributed by atoms with van der Waals surface area (Å²) in [6.07, 6.45) is 0. The van der Waals surface area contributed by atoms with Gasteiger partial charge in [-0.15, -0.1) is 0 Å². The van der Waals surface area contributed by atoms with Gasteiger partial charge in [-0.3, -0.25) is 9.35 Å². The number of halogens is 1. The maximum atomic E-state index is 11.0. The molecule has 0 spiro atoms. The topological polar surface area (TPSA) is 83.5 Å². The van der Waals surface area contributed by atoms with Crippen LogP contribution in [0.1, 0.15) is 5.56 Å². The molecule has 0 radical (unpaired) electrons. The monoisotopic (exact) mass is 307 g/mol. The van der Waals surface area contributed by atoms with Crippen molar-refractivity contribution in [2.75, 3.05) is 10.6 Å². The Kier molecular flexibility index (Phi) is 4.06. The zero-order valence-corrected chi connectivity index (χ0v) is 10.8. The number of aryl methyl sites for hydroxylation is 1. The van der Waals surface area contributed by atoms with Crippen molar-refractivity contribution >= 4 is 37.6 Å². The fourth-order valence-electron chi connectivity index (χ4n) is 1.21. The van der Waals surface area contributed by atoms with E-state index < -0.39 is 10.1 Å². The molecule has 0 aromatic heterocycles. The van der Waals surface area contributed by atoms with Crippen molar-refractivity contribution in [3.05, 3.63) is 23.8 Å². The van der Waals surface area contributed by atoms with Gasteiger partial charge in [-0.25, -0.2) is 0 Å². The highest BCUT2D eigenvalue weighted by atomic mass is 79.9. The third-order valence-electron chi connectivity index (χ3n) is 1.86. The number of benzene rings is 1. The van der Waals surface area contributed by atoms with E-state index >= 15 is 0 Å². The molecule has 88 valence electrons. The van der Waals surface area contributed by atoms with E-state index in [0.29, 0.717) is 11.3 Å². The molecule has 1 aromatic carbocycles. The SMILES string of the molecule is Cc1cc(NC(=O)CBr)ccc1S(=O)(=O)O. The van der Waals surface area contributed by atoms with E-state index in [1.165, 1.54) is 25.1 Å². The first-order valence-corrected chi connectivity index (χ1v) is 6.84. The summed E-state index contributed by atoms with van der Waals surface area (Å²) >= 11 is 2.99. The maximum absolute atomic E-state index is 11.0. The van der Waals surface area contributed by atoms with Gasteiger partial charge in [0, 0.05) is 5.69 Å². The molecule has 0 saturated heterocycles. The van der Waals surface area contributed by atoms with Crippen LogP contribution in [-0.4, -0.2) is 24.2 Å². The highest BCUT2D eigenvalue weighted by Crippen LogP contribution is 2.19. The minimum Gasteiger partial charge on any atom is -0.325 e. The Hall–Kier alpha value is -0.920. The van der Waals surface area contributed by atoms with Crippen molar-refractivity contribution < 1.29 is 17.8 Å². The molecule has 7 heteroatoms. The molecule has 16 heavy (non-hydrogen) atoms. The van der Waals surface area contributed by atoms with Crippen molar-refractivity contribution in [3.63, 3.8) is 0 Å². The van der Waals surface area contributed by atoms with Crippen molar-refractivity contribution in [3.8, 4) is 0 Å². The van der Waals surface area contributed by atoms with Crippen LogP contribution in [0.15, 0.2) is 23.1 Å². The second-order valence-electron chi connectivity index (χ2n) is 3.14. The van der Waals surface area contributed by atoms with Crippen LogP contribution < -0.4 is 5.32 Å². The van der Waals surface area contributed by atoms with E-state index in [2.05, 4.69) is 21.2 Å². The number of amides is 1. The van der Waals surface area contributed by atoms with E-state index in [1.54, 1.807) is 0 Å². The molecule has 0 aliphatic carbocycles. The standard InChI is InChI=1S/C9H10BrNO4S/c1-6-4-7(11-9(12)5-10)2-3-8(6)16(13,14)15/h2-4H,5H2,1H3,(H,11,12)(H,13,14,15). The number of hydrogen-bond donors (Lipinski definition) is 2. The largest absolute Gasteiger partial charge is 0.325 e. The number of rotatable bonds is 3. The summed E-state index contributed by atoms with van der Waals surface area (Å²) in [5.74, 6) is -0.237. The molecule has 5 nitrogen and oxygen atoms in total. The summed E-state index contributed by atoms with van der Waals surface area (Å²) in [4.78, 5) is 10.9. The second kappa shape index (κ2) is 4.94. The fraction of sp³-hybridized carbons (Fsp3) is 0.222. The molecule has 2 N–H and O–H groups in total. The summed E-state index contributed by atoms with van der Waals surface area (Å²) < 4.78 is 30.7. The minimum absolute atomic E-state index is 0.159. The molecule has 0 saturated carbocycles. The van der Waals surface area contributed by atoms with Crippen LogP contribution in [0.3, 0.4) is 0 Å². The Morgan fingerprint density at radius 3 is 2.56 bits per heavy atom. The van der Waals surface area contributed by atoms with Crippen LogP contribution in [-0.2, 0) is 14.9 Å². The van der Waals surface area contributed by atoms with Gasteiger partial charge < -0.3 is 5.32 Å². The average Bonchev–Trinajstić information content (AvgIpc) is 2.15. The Morgan fingerprint density at radius 1 is 1.50 bits per heavy atom. The predicted octanol–water partition coefficient (Wildman–Crippen LogP) is 1.58. The normalized spacial score (nSPS) is 11.2. The number of hydrogen-bond acceptors (Lipinski definition) is 3. The van der Waals surface area contributed by atoms with E-state index in [9.17, 15) is 13.2 Å². The van der Waals surface area contributed by atoms with Gasteiger partial charge in [0.25, 0.3) is 10.1 Å². The van der Waals surface area contributed by atoms with E-state index in [0.717, 1.165) is 0 Å². The van der Waals surface area contributed by atoms with E-state index in [-0.39, 0.29) is 16.1 Å². The van der Waals surface area contributed by atoms with Gasteiger partial charge in [-0.2, -0.15) is 8.42 Å². The molecule has 0 fully saturated rings. The van der Waals surface area contributed by atoms with Crippen LogP contribution in [0.25, 0.3) is 0 Å². The molecule has 1 amide bonds. The predicted molar refractivity (Wildman–Crippen MR) is 63.4 cm³/mol.